The molecule has 0 saturated carbocycles. The highest BCUT2D eigenvalue weighted by molar-refractivity contribution is 6.31. The lowest BCUT2D eigenvalue weighted by atomic mass is 9.62. The van der Waals surface area contributed by atoms with Crippen LogP contribution in [0.2, 0.25) is 10.0 Å². The van der Waals surface area contributed by atoms with Crippen LogP contribution in [0.3, 0.4) is 0 Å². The topological polar surface area (TPSA) is 114 Å². The maximum atomic E-state index is 15.9. The van der Waals surface area contributed by atoms with Crippen molar-refractivity contribution in [2.75, 3.05) is 11.9 Å². The van der Waals surface area contributed by atoms with E-state index in [1.165, 1.54) is 36.4 Å². The number of carbonyl (C=O) groups is 2. The molecule has 1 saturated heterocycles. The molecule has 4 N–H and O–H groups in total. The maximum Gasteiger partial charge on any atom is 0.251 e. The summed E-state index contributed by atoms with van der Waals surface area (Å²) in [6.45, 7) is 8.97. The minimum atomic E-state index is -1.77. The Kier molecular flexibility index (Phi) is 9.96. The molecule has 1 fully saturated rings. The first-order valence-electron chi connectivity index (χ1n) is 14.4. The summed E-state index contributed by atoms with van der Waals surface area (Å²) in [5.41, 5.74) is -2.84. The summed E-state index contributed by atoms with van der Waals surface area (Å²) in [5, 5.41) is 29.6. The summed E-state index contributed by atoms with van der Waals surface area (Å²) in [6.07, 6.45) is 0.321. The van der Waals surface area contributed by atoms with Gasteiger partial charge in [-0.15, -0.1) is 0 Å². The van der Waals surface area contributed by atoms with Gasteiger partial charge in [0.15, 0.2) is 0 Å². The summed E-state index contributed by atoms with van der Waals surface area (Å²) >= 11 is 12.3. The van der Waals surface area contributed by atoms with E-state index in [9.17, 15) is 20.0 Å². The van der Waals surface area contributed by atoms with Crippen LogP contribution in [-0.2, 0) is 10.2 Å². The average Bonchev–Trinajstić information content (AvgIpc) is 3.26. The van der Waals surface area contributed by atoms with E-state index in [4.69, 9.17) is 23.2 Å². The Balaban J connectivity index is 1.83. The monoisotopic (exact) mass is 656 g/mol. The number of amides is 2. The van der Waals surface area contributed by atoms with Crippen LogP contribution in [0.5, 0.6) is 0 Å². The van der Waals surface area contributed by atoms with Gasteiger partial charge in [-0.25, -0.2) is 8.78 Å². The van der Waals surface area contributed by atoms with Crippen molar-refractivity contribution in [3.63, 3.8) is 0 Å². The van der Waals surface area contributed by atoms with Crippen molar-refractivity contribution < 1.29 is 23.5 Å². The zero-order valence-corrected chi connectivity index (χ0v) is 27.2. The van der Waals surface area contributed by atoms with Gasteiger partial charge in [-0.2, -0.15) is 5.26 Å². The molecule has 7 nitrogen and oxygen atoms in total. The van der Waals surface area contributed by atoms with E-state index in [1.54, 1.807) is 32.0 Å². The van der Waals surface area contributed by atoms with Crippen molar-refractivity contribution in [2.24, 2.45) is 5.41 Å². The van der Waals surface area contributed by atoms with Gasteiger partial charge >= 0.3 is 0 Å². The number of rotatable bonds is 8. The van der Waals surface area contributed by atoms with Gasteiger partial charge in [0.1, 0.15) is 17.0 Å². The van der Waals surface area contributed by atoms with E-state index < -0.39 is 57.9 Å². The molecule has 45 heavy (non-hydrogen) atoms. The van der Waals surface area contributed by atoms with Gasteiger partial charge in [-0.1, -0.05) is 68.2 Å². The van der Waals surface area contributed by atoms with Crippen molar-refractivity contribution in [1.82, 2.24) is 10.6 Å². The Bertz CT molecular complexity index is 1650. The van der Waals surface area contributed by atoms with E-state index in [1.807, 2.05) is 20.8 Å². The van der Waals surface area contributed by atoms with Crippen molar-refractivity contribution in [3.8, 4) is 6.07 Å². The molecule has 238 valence electrons. The largest absolute Gasteiger partial charge is 0.389 e. The standard InChI is InChI=1S/C34H36Cl2F2N4O3/c1-32(2,3)16-26-34(17-39,23-13-12-20(35)15-25(23)37)27(22-10-7-11-24(36)28(22)38)29(42-26)31(44)41-21-9-6-8-19(14-21)30(43)40-18-33(4,5)45/h6-15,26-27,29,42,45H,16,18H2,1-5H3,(H,40,43)(H,41,44)/t26-,27?,29+,34-/m0/s1. The van der Waals surface area contributed by atoms with E-state index in [2.05, 4.69) is 22.0 Å². The minimum absolute atomic E-state index is 0.00790. The highest BCUT2D eigenvalue weighted by Gasteiger charge is 2.61. The molecule has 3 aromatic carbocycles. The number of benzene rings is 3. The lowest BCUT2D eigenvalue weighted by Crippen LogP contribution is -2.45. The van der Waals surface area contributed by atoms with Crippen LogP contribution in [-0.4, -0.2) is 41.2 Å². The smallest absolute Gasteiger partial charge is 0.251 e. The quantitative estimate of drug-likeness (QED) is 0.215. The second kappa shape index (κ2) is 13.1. The van der Waals surface area contributed by atoms with Crippen molar-refractivity contribution in [2.45, 2.75) is 70.1 Å². The Labute approximate surface area is 271 Å². The summed E-state index contributed by atoms with van der Waals surface area (Å²) < 4.78 is 31.7. The van der Waals surface area contributed by atoms with Crippen LogP contribution >= 0.6 is 23.2 Å². The molecule has 1 aliphatic rings. The second-order valence-corrected chi connectivity index (χ2v) is 14.1. The number of aliphatic hydroxyl groups is 1. The first-order chi connectivity index (χ1) is 21.0. The molecule has 2 amide bonds. The molecule has 0 aliphatic carbocycles. The maximum absolute atomic E-state index is 15.9. The number of anilines is 1. The summed E-state index contributed by atoms with van der Waals surface area (Å²) in [7, 11) is 0. The zero-order chi connectivity index (χ0) is 33.3. The molecule has 0 bridgehead atoms. The Hall–Kier alpha value is -3.55. The number of nitriles is 1. The van der Waals surface area contributed by atoms with Gasteiger partial charge in [-0.05, 0) is 67.6 Å². The van der Waals surface area contributed by atoms with E-state index in [-0.39, 0.29) is 39.0 Å². The van der Waals surface area contributed by atoms with E-state index >= 15 is 8.78 Å². The van der Waals surface area contributed by atoms with Crippen LogP contribution in [0.15, 0.2) is 60.7 Å². The normalized spacial score (nSPS) is 21.7. The van der Waals surface area contributed by atoms with Crippen molar-refractivity contribution >= 4 is 40.7 Å². The highest BCUT2D eigenvalue weighted by Crippen LogP contribution is 2.52. The minimum Gasteiger partial charge on any atom is -0.389 e. The van der Waals surface area contributed by atoms with Crippen LogP contribution < -0.4 is 16.0 Å². The van der Waals surface area contributed by atoms with E-state index in [0.29, 0.717) is 6.42 Å². The van der Waals surface area contributed by atoms with Crippen LogP contribution in [0, 0.1) is 28.4 Å². The van der Waals surface area contributed by atoms with Gasteiger partial charge in [0.2, 0.25) is 5.91 Å². The van der Waals surface area contributed by atoms with Crippen molar-refractivity contribution in [1.29, 1.82) is 5.26 Å². The average molecular weight is 658 g/mol. The molecule has 4 rings (SSSR count). The van der Waals surface area contributed by atoms with Gasteiger partial charge in [0.25, 0.3) is 5.91 Å². The third-order valence-corrected chi connectivity index (χ3v) is 8.33. The fourth-order valence-electron chi connectivity index (χ4n) is 5.91. The summed E-state index contributed by atoms with van der Waals surface area (Å²) in [4.78, 5) is 26.9. The lowest BCUT2D eigenvalue weighted by Gasteiger charge is -2.37. The second-order valence-electron chi connectivity index (χ2n) is 13.3. The number of hydrogen-bond acceptors (Lipinski definition) is 5. The third-order valence-electron chi connectivity index (χ3n) is 7.81. The Morgan fingerprint density at radius 3 is 2.36 bits per heavy atom. The number of hydrogen-bond donors (Lipinski definition) is 4. The zero-order valence-electron chi connectivity index (χ0n) is 25.6. The Morgan fingerprint density at radius 1 is 1.04 bits per heavy atom. The molecule has 0 aromatic heterocycles. The van der Waals surface area contributed by atoms with Crippen molar-refractivity contribution in [3.05, 3.63) is 99.0 Å². The first kappa shape index (κ1) is 34.3. The number of carbonyl (C=O) groups excluding carboxylic acids is 2. The van der Waals surface area contributed by atoms with Gasteiger partial charge in [0.05, 0.1) is 22.7 Å². The molecule has 0 spiro atoms. The summed E-state index contributed by atoms with van der Waals surface area (Å²) in [6, 6.07) is 14.7. The van der Waals surface area contributed by atoms with Gasteiger partial charge in [-0.3, -0.25) is 9.59 Å². The lowest BCUT2D eigenvalue weighted by molar-refractivity contribution is -0.118. The molecular formula is C34H36Cl2F2N4O3. The fourth-order valence-corrected chi connectivity index (χ4v) is 6.25. The highest BCUT2D eigenvalue weighted by atomic mass is 35.5. The van der Waals surface area contributed by atoms with Crippen LogP contribution in [0.4, 0.5) is 14.5 Å². The summed E-state index contributed by atoms with van der Waals surface area (Å²) in [5.74, 6) is -3.90. The molecule has 1 aliphatic heterocycles. The molecule has 3 aromatic rings. The molecule has 0 radical (unpaired) electrons. The number of nitrogens with one attached hydrogen (secondary N) is 3. The SMILES string of the molecule is CC(C)(C)C[C@@H]1N[C@@H](C(=O)Nc2cccc(C(=O)NCC(C)(C)O)c2)C(c2cccc(Cl)c2F)[C@@]1(C#N)c1ccc(Cl)cc1F. The molecular weight excluding hydrogens is 621 g/mol. The predicted octanol–water partition coefficient (Wildman–Crippen LogP) is 6.73. The molecule has 1 heterocycles. The first-order valence-corrected chi connectivity index (χ1v) is 15.2. The third kappa shape index (κ3) is 7.47. The fraction of sp³-hybridized carbons (Fsp3) is 0.382. The van der Waals surface area contributed by atoms with Gasteiger partial charge < -0.3 is 21.1 Å². The molecule has 4 atom stereocenters. The molecule has 1 unspecified atom stereocenters. The van der Waals surface area contributed by atoms with Gasteiger partial charge in [0, 0.05) is 40.3 Å². The Morgan fingerprint density at radius 2 is 1.73 bits per heavy atom. The number of nitrogens with zero attached hydrogens (tertiary/aromatic N) is 1. The van der Waals surface area contributed by atoms with Crippen LogP contribution in [0.25, 0.3) is 0 Å². The van der Waals surface area contributed by atoms with Crippen LogP contribution in [0.1, 0.15) is 68.4 Å². The number of halogens is 4. The van der Waals surface area contributed by atoms with E-state index in [0.717, 1.165) is 6.07 Å². The molecule has 11 heteroatoms. The predicted molar refractivity (Wildman–Crippen MR) is 171 cm³/mol.